The zero-order valence-corrected chi connectivity index (χ0v) is 16.0. The molecule has 2 aromatic rings. The number of carbonyl (C=O) groups is 1. The standard InChI is InChI=1S/C21H23N3O5/c25-20(9-13-1-2-15-5-6-29-19(15)8-13)22-10-14-7-16(12-22)17-3-4-18(24(27)28)21(26)23(17)11-14/h1-4,8,14,16,24,27H,5-7,9-12H2/t14-,16?/m0/s1. The van der Waals surface area contributed by atoms with Gasteiger partial charge in [-0.1, -0.05) is 12.1 Å². The molecule has 0 spiro atoms. The Labute approximate surface area is 167 Å². The average molecular weight is 397 g/mol. The molecule has 2 unspecified atom stereocenters. The SMILES string of the molecule is O=C(Cc1ccc2c(c1)OCC2)N1CC2C[C@@H](C1)Cn1c2ccc([NH+]([O-])O)c1=O. The topological polar surface area (TPSA) is 99.3 Å². The molecule has 1 fully saturated rings. The first-order valence-electron chi connectivity index (χ1n) is 9.99. The molecule has 0 aliphatic carbocycles. The van der Waals surface area contributed by atoms with Gasteiger partial charge in [0.15, 0.2) is 0 Å². The summed E-state index contributed by atoms with van der Waals surface area (Å²) >= 11 is 0. The van der Waals surface area contributed by atoms with Crippen molar-refractivity contribution in [3.63, 3.8) is 0 Å². The summed E-state index contributed by atoms with van der Waals surface area (Å²) in [5.74, 6) is 1.18. The number of aromatic nitrogens is 1. The van der Waals surface area contributed by atoms with Gasteiger partial charge in [-0.3, -0.25) is 9.59 Å². The summed E-state index contributed by atoms with van der Waals surface area (Å²) in [6, 6.07) is 9.13. The van der Waals surface area contributed by atoms with Crippen LogP contribution in [0.2, 0.25) is 0 Å². The minimum absolute atomic E-state index is 0.0605. The number of nitrogens with zero attached hydrogens (tertiary/aromatic N) is 2. The number of hydrogen-bond donors (Lipinski definition) is 2. The fourth-order valence-electron chi connectivity index (χ4n) is 4.92. The number of likely N-dealkylation sites (tertiary alicyclic amines) is 1. The van der Waals surface area contributed by atoms with Crippen molar-refractivity contribution in [2.45, 2.75) is 31.7 Å². The lowest BCUT2D eigenvalue weighted by molar-refractivity contribution is -0.992. The maximum absolute atomic E-state index is 13.0. The first kappa shape index (κ1) is 18.4. The molecular formula is C21H23N3O5. The van der Waals surface area contributed by atoms with E-state index < -0.39 is 10.8 Å². The molecule has 3 aliphatic rings. The Hall–Kier alpha value is -2.68. The highest BCUT2D eigenvalue weighted by molar-refractivity contribution is 5.79. The molecule has 0 radical (unpaired) electrons. The van der Waals surface area contributed by atoms with Gasteiger partial charge in [0, 0.05) is 43.7 Å². The van der Waals surface area contributed by atoms with Crippen LogP contribution in [0.15, 0.2) is 35.1 Å². The fourth-order valence-corrected chi connectivity index (χ4v) is 4.92. The van der Waals surface area contributed by atoms with Gasteiger partial charge >= 0.3 is 5.56 Å². The summed E-state index contributed by atoms with van der Waals surface area (Å²) in [6.45, 7) is 2.31. The number of ether oxygens (including phenoxy) is 1. The molecule has 8 heteroatoms. The van der Waals surface area contributed by atoms with Crippen molar-refractivity contribution in [3.8, 4) is 5.75 Å². The highest BCUT2D eigenvalue weighted by atomic mass is 16.8. The molecular weight excluding hydrogens is 374 g/mol. The van der Waals surface area contributed by atoms with Crippen LogP contribution in [-0.2, 0) is 24.2 Å². The molecule has 2 N–H and O–H groups in total. The lowest BCUT2D eigenvalue weighted by Crippen LogP contribution is -3.00. The summed E-state index contributed by atoms with van der Waals surface area (Å²) in [6.07, 6.45) is 2.17. The minimum Gasteiger partial charge on any atom is -0.595 e. The van der Waals surface area contributed by atoms with E-state index in [1.807, 2.05) is 23.1 Å². The van der Waals surface area contributed by atoms with Crippen LogP contribution in [0.1, 0.15) is 29.2 Å². The zero-order valence-electron chi connectivity index (χ0n) is 16.0. The highest BCUT2D eigenvalue weighted by Crippen LogP contribution is 2.35. The molecule has 2 bridgehead atoms. The van der Waals surface area contributed by atoms with Gasteiger partial charge in [-0.15, -0.1) is 0 Å². The first-order valence-corrected chi connectivity index (χ1v) is 9.99. The van der Waals surface area contributed by atoms with Gasteiger partial charge in [-0.05, 0) is 35.6 Å². The molecule has 5 rings (SSSR count). The predicted octanol–water partition coefficient (Wildman–Crippen LogP) is 0.375. The van der Waals surface area contributed by atoms with E-state index in [0.29, 0.717) is 32.7 Å². The second-order valence-electron chi connectivity index (χ2n) is 8.21. The van der Waals surface area contributed by atoms with E-state index in [0.717, 1.165) is 29.8 Å². The Bertz CT molecular complexity index is 1030. The quantitative estimate of drug-likeness (QED) is 0.730. The Kier molecular flexibility index (Phi) is 4.42. The first-order chi connectivity index (χ1) is 14.0. The Morgan fingerprint density at radius 1 is 1.24 bits per heavy atom. The average Bonchev–Trinajstić information content (AvgIpc) is 3.16. The van der Waals surface area contributed by atoms with E-state index >= 15 is 0 Å². The molecule has 3 atom stereocenters. The van der Waals surface area contributed by atoms with Crippen LogP contribution in [0, 0.1) is 11.1 Å². The molecule has 3 aliphatic heterocycles. The molecule has 29 heavy (non-hydrogen) atoms. The number of piperidine rings is 1. The second kappa shape index (κ2) is 6.98. The van der Waals surface area contributed by atoms with Crippen molar-refractivity contribution in [2.24, 2.45) is 5.92 Å². The minimum atomic E-state index is -1.20. The Morgan fingerprint density at radius 2 is 2.10 bits per heavy atom. The molecule has 8 nitrogen and oxygen atoms in total. The van der Waals surface area contributed by atoms with Crippen LogP contribution < -0.4 is 15.5 Å². The summed E-state index contributed by atoms with van der Waals surface area (Å²) < 4.78 is 7.20. The number of rotatable bonds is 3. The number of amides is 1. The third kappa shape index (κ3) is 3.23. The molecule has 1 saturated heterocycles. The van der Waals surface area contributed by atoms with Gasteiger partial charge in [-0.25, -0.2) is 5.21 Å². The van der Waals surface area contributed by atoms with E-state index in [2.05, 4.69) is 0 Å². The maximum Gasteiger partial charge on any atom is 0.315 e. The van der Waals surface area contributed by atoms with Crippen molar-refractivity contribution < 1.29 is 20.0 Å². The Balaban J connectivity index is 1.35. The van der Waals surface area contributed by atoms with Gasteiger partial charge < -0.3 is 19.4 Å². The third-order valence-corrected chi connectivity index (χ3v) is 6.30. The van der Waals surface area contributed by atoms with Gasteiger partial charge in [0.05, 0.1) is 13.0 Å². The van der Waals surface area contributed by atoms with E-state index in [1.165, 1.54) is 11.6 Å². The van der Waals surface area contributed by atoms with Crippen LogP contribution in [0.3, 0.4) is 0 Å². The number of benzene rings is 1. The van der Waals surface area contributed by atoms with E-state index in [1.54, 1.807) is 10.6 Å². The van der Waals surface area contributed by atoms with E-state index in [-0.39, 0.29) is 23.4 Å². The number of quaternary nitrogens is 1. The van der Waals surface area contributed by atoms with Gasteiger partial charge in [0.2, 0.25) is 11.6 Å². The number of carbonyl (C=O) groups excluding carboxylic acids is 1. The summed E-state index contributed by atoms with van der Waals surface area (Å²) in [4.78, 5) is 27.4. The van der Waals surface area contributed by atoms with Gasteiger partial charge in [-0.2, -0.15) is 5.23 Å². The normalized spacial score (nSPS) is 23.2. The van der Waals surface area contributed by atoms with E-state index in [9.17, 15) is 20.0 Å². The fraction of sp³-hybridized carbons (Fsp3) is 0.429. The second-order valence-corrected chi connectivity index (χ2v) is 8.21. The van der Waals surface area contributed by atoms with Crippen LogP contribution in [0.25, 0.3) is 0 Å². The van der Waals surface area contributed by atoms with Gasteiger partial charge in [0.25, 0.3) is 0 Å². The van der Waals surface area contributed by atoms with Crippen LogP contribution in [0.4, 0.5) is 5.69 Å². The predicted molar refractivity (Wildman–Crippen MR) is 103 cm³/mol. The number of pyridine rings is 1. The van der Waals surface area contributed by atoms with Gasteiger partial charge in [0.1, 0.15) is 5.75 Å². The summed E-state index contributed by atoms with van der Waals surface area (Å²) in [5.41, 5.74) is 2.34. The lowest BCUT2D eigenvalue weighted by atomic mass is 9.83. The maximum atomic E-state index is 13.0. The smallest absolute Gasteiger partial charge is 0.315 e. The van der Waals surface area contributed by atoms with Crippen LogP contribution >= 0.6 is 0 Å². The Morgan fingerprint density at radius 3 is 2.93 bits per heavy atom. The van der Waals surface area contributed by atoms with Crippen molar-refractivity contribution >= 4 is 11.6 Å². The summed E-state index contributed by atoms with van der Waals surface area (Å²) in [5, 5.41) is 19.3. The molecule has 152 valence electrons. The number of hydrogen-bond acceptors (Lipinski definition) is 5. The van der Waals surface area contributed by atoms with Crippen molar-refractivity contribution in [1.82, 2.24) is 9.47 Å². The molecule has 4 heterocycles. The number of fused-ring (bicyclic) bond motifs is 5. The third-order valence-electron chi connectivity index (χ3n) is 6.30. The molecule has 0 saturated carbocycles. The van der Waals surface area contributed by atoms with E-state index in [4.69, 9.17) is 4.74 Å². The molecule has 1 amide bonds. The van der Waals surface area contributed by atoms with Crippen LogP contribution in [-0.4, -0.2) is 40.3 Å². The monoisotopic (exact) mass is 397 g/mol. The van der Waals surface area contributed by atoms with Crippen molar-refractivity contribution in [3.05, 3.63) is 62.7 Å². The molecule has 1 aromatic heterocycles. The highest BCUT2D eigenvalue weighted by Gasteiger charge is 2.37. The zero-order chi connectivity index (χ0) is 20.1. The largest absolute Gasteiger partial charge is 0.595 e. The van der Waals surface area contributed by atoms with Crippen molar-refractivity contribution in [1.29, 1.82) is 0 Å². The lowest BCUT2D eigenvalue weighted by Gasteiger charge is -2.43. The summed E-state index contributed by atoms with van der Waals surface area (Å²) in [7, 11) is 0. The number of nitrogens with one attached hydrogen (secondary N) is 1. The molecule has 1 aromatic carbocycles. The van der Waals surface area contributed by atoms with Crippen LogP contribution in [0.5, 0.6) is 5.75 Å². The van der Waals surface area contributed by atoms with Crippen molar-refractivity contribution in [2.75, 3.05) is 19.7 Å².